The molecule has 3 rings (SSSR count). The number of carbonyl (C=O) groups is 1. The number of rotatable bonds is 5. The molecule has 3 aromatic rings. The Hall–Kier alpha value is -2.00. The molecule has 1 atom stereocenters. The van der Waals surface area contributed by atoms with E-state index in [0.29, 0.717) is 26.6 Å². The van der Waals surface area contributed by atoms with Gasteiger partial charge in [0.1, 0.15) is 5.82 Å². The quantitative estimate of drug-likeness (QED) is 0.419. The number of carbonyl (C=O) groups excluding carboxylic acids is 1. The summed E-state index contributed by atoms with van der Waals surface area (Å²) in [5.74, 6) is 5.32. The van der Waals surface area contributed by atoms with Gasteiger partial charge in [0.25, 0.3) is 0 Å². The summed E-state index contributed by atoms with van der Waals surface area (Å²) < 4.78 is 15.1. The van der Waals surface area contributed by atoms with E-state index >= 15 is 0 Å². The molecule has 0 saturated heterocycles. The molecule has 0 radical (unpaired) electrons. The first kappa shape index (κ1) is 20.7. The van der Waals surface area contributed by atoms with Gasteiger partial charge in [0.15, 0.2) is 5.82 Å². The number of thioether (sulfide) groups is 1. The maximum Gasteiger partial charge on any atom is 0.237 e. The average Bonchev–Trinajstić information content (AvgIpc) is 2.98. The molecule has 1 heterocycles. The Kier molecular flexibility index (Phi) is 6.34. The highest BCUT2D eigenvalue weighted by molar-refractivity contribution is 8.00. The summed E-state index contributed by atoms with van der Waals surface area (Å²) in [4.78, 5) is 12.4. The number of aromatic nitrogens is 3. The molecule has 1 amide bonds. The molecule has 1 unspecified atom stereocenters. The van der Waals surface area contributed by atoms with Crippen LogP contribution in [0.3, 0.4) is 0 Å². The second kappa shape index (κ2) is 8.57. The zero-order chi connectivity index (χ0) is 20.4. The van der Waals surface area contributed by atoms with Gasteiger partial charge in [0.05, 0.1) is 16.0 Å². The van der Waals surface area contributed by atoms with Crippen molar-refractivity contribution in [3.8, 4) is 11.4 Å². The van der Waals surface area contributed by atoms with E-state index in [-0.39, 0.29) is 10.7 Å². The van der Waals surface area contributed by atoms with Crippen LogP contribution in [0.4, 0.5) is 10.1 Å². The van der Waals surface area contributed by atoms with Crippen molar-refractivity contribution in [3.63, 3.8) is 0 Å². The lowest BCUT2D eigenvalue weighted by molar-refractivity contribution is -0.115. The fraction of sp³-hybridized carbons (Fsp3) is 0.118. The lowest BCUT2D eigenvalue weighted by atomic mass is 10.2. The van der Waals surface area contributed by atoms with Gasteiger partial charge in [-0.3, -0.25) is 4.79 Å². The lowest BCUT2D eigenvalue weighted by Gasteiger charge is -2.12. The number of anilines is 1. The highest BCUT2D eigenvalue weighted by Gasteiger charge is 2.21. The summed E-state index contributed by atoms with van der Waals surface area (Å²) in [6, 6.07) is 8.88. The van der Waals surface area contributed by atoms with E-state index in [2.05, 4.69) is 15.5 Å². The van der Waals surface area contributed by atoms with Crippen molar-refractivity contribution in [1.82, 2.24) is 14.9 Å². The van der Waals surface area contributed by atoms with E-state index in [1.807, 2.05) is 0 Å². The smallest absolute Gasteiger partial charge is 0.237 e. The Bertz CT molecular complexity index is 1050. The Labute approximate surface area is 179 Å². The van der Waals surface area contributed by atoms with Gasteiger partial charge in [-0.15, -0.1) is 10.2 Å². The molecule has 1 aromatic heterocycles. The third-order valence-corrected chi connectivity index (χ3v) is 5.52. The summed E-state index contributed by atoms with van der Waals surface area (Å²) in [5, 5.41) is 11.3. The third kappa shape index (κ3) is 4.52. The number of benzene rings is 2. The molecule has 0 aliphatic rings. The van der Waals surface area contributed by atoms with Crippen LogP contribution in [0.15, 0.2) is 41.6 Å². The van der Waals surface area contributed by atoms with Crippen LogP contribution in [-0.2, 0) is 4.79 Å². The zero-order valence-electron chi connectivity index (χ0n) is 14.3. The van der Waals surface area contributed by atoms with Crippen molar-refractivity contribution in [3.05, 3.63) is 57.3 Å². The van der Waals surface area contributed by atoms with Crippen molar-refractivity contribution < 1.29 is 9.18 Å². The van der Waals surface area contributed by atoms with Crippen molar-refractivity contribution >= 4 is 58.2 Å². The van der Waals surface area contributed by atoms with Crippen molar-refractivity contribution in [2.45, 2.75) is 17.3 Å². The third-order valence-electron chi connectivity index (χ3n) is 3.68. The number of nitrogen functional groups attached to an aromatic ring is 1. The highest BCUT2D eigenvalue weighted by Crippen LogP contribution is 2.31. The molecule has 3 N–H and O–H groups in total. The summed E-state index contributed by atoms with van der Waals surface area (Å²) in [6.45, 7) is 1.64. The molecule has 6 nitrogen and oxygen atoms in total. The molecule has 0 aliphatic heterocycles. The molecule has 146 valence electrons. The predicted octanol–water partition coefficient (Wildman–Crippen LogP) is 4.88. The molecular formula is C17H13Cl3FN5OS. The minimum absolute atomic E-state index is 0.0321. The average molecular weight is 461 g/mol. The van der Waals surface area contributed by atoms with E-state index in [1.54, 1.807) is 25.1 Å². The van der Waals surface area contributed by atoms with Crippen LogP contribution in [0.5, 0.6) is 0 Å². The van der Waals surface area contributed by atoms with Gasteiger partial charge in [0, 0.05) is 15.6 Å². The zero-order valence-corrected chi connectivity index (χ0v) is 17.4. The molecule has 11 heteroatoms. The van der Waals surface area contributed by atoms with Crippen LogP contribution in [0.1, 0.15) is 6.92 Å². The number of nitrogens with one attached hydrogen (secondary N) is 1. The van der Waals surface area contributed by atoms with Crippen LogP contribution >= 0.6 is 46.6 Å². The first-order valence-corrected chi connectivity index (χ1v) is 9.86. The van der Waals surface area contributed by atoms with Crippen molar-refractivity contribution in [1.29, 1.82) is 0 Å². The predicted molar refractivity (Wildman–Crippen MR) is 111 cm³/mol. The van der Waals surface area contributed by atoms with Crippen LogP contribution in [0.25, 0.3) is 11.4 Å². The van der Waals surface area contributed by atoms with Gasteiger partial charge < -0.3 is 11.2 Å². The number of nitrogens with zero attached hydrogens (tertiary/aromatic N) is 3. The Balaban J connectivity index is 1.74. The summed E-state index contributed by atoms with van der Waals surface area (Å²) in [5.41, 5.74) is 0.581. The van der Waals surface area contributed by atoms with Crippen molar-refractivity contribution in [2.24, 2.45) is 0 Å². The van der Waals surface area contributed by atoms with Gasteiger partial charge in [0.2, 0.25) is 11.1 Å². The molecular weight excluding hydrogens is 448 g/mol. The largest absolute Gasteiger partial charge is 0.335 e. The van der Waals surface area contributed by atoms with Crippen LogP contribution in [0.2, 0.25) is 15.1 Å². The minimum Gasteiger partial charge on any atom is -0.335 e. The maximum absolute atomic E-state index is 13.8. The molecule has 0 bridgehead atoms. The van der Waals surface area contributed by atoms with Crippen LogP contribution in [0, 0.1) is 5.82 Å². The van der Waals surface area contributed by atoms with Crippen molar-refractivity contribution in [2.75, 3.05) is 11.2 Å². The second-order valence-electron chi connectivity index (χ2n) is 5.67. The lowest BCUT2D eigenvalue weighted by Crippen LogP contribution is -2.24. The van der Waals surface area contributed by atoms with Gasteiger partial charge in [-0.05, 0) is 43.3 Å². The van der Waals surface area contributed by atoms with Gasteiger partial charge in [-0.1, -0.05) is 46.6 Å². The van der Waals surface area contributed by atoms with Crippen LogP contribution < -0.4 is 11.2 Å². The molecule has 0 spiro atoms. The van der Waals surface area contributed by atoms with Gasteiger partial charge >= 0.3 is 0 Å². The first-order valence-electron chi connectivity index (χ1n) is 7.84. The number of halogens is 4. The monoisotopic (exact) mass is 459 g/mol. The van der Waals surface area contributed by atoms with Crippen LogP contribution in [-0.4, -0.2) is 26.0 Å². The van der Waals surface area contributed by atoms with E-state index < -0.39 is 17.0 Å². The van der Waals surface area contributed by atoms with E-state index in [9.17, 15) is 9.18 Å². The maximum atomic E-state index is 13.8. The first-order chi connectivity index (χ1) is 13.3. The highest BCUT2D eigenvalue weighted by atomic mass is 35.5. The molecule has 28 heavy (non-hydrogen) atoms. The van der Waals surface area contributed by atoms with Gasteiger partial charge in [-0.2, -0.15) is 0 Å². The van der Waals surface area contributed by atoms with E-state index in [0.717, 1.165) is 17.8 Å². The van der Waals surface area contributed by atoms with E-state index in [4.69, 9.17) is 40.6 Å². The second-order valence-corrected chi connectivity index (χ2v) is 8.26. The minimum atomic E-state index is -0.630. The number of amides is 1. The molecule has 0 saturated carbocycles. The Morgan fingerprint density at radius 1 is 1.18 bits per heavy atom. The summed E-state index contributed by atoms with van der Waals surface area (Å²) in [6.07, 6.45) is 0. The molecule has 2 aromatic carbocycles. The Morgan fingerprint density at radius 2 is 1.86 bits per heavy atom. The number of hydrogen-bond acceptors (Lipinski definition) is 5. The SMILES string of the molecule is CC(Sc1nnc(-c2ccc(Cl)cc2Cl)n1N)C(=O)Nc1ccc(Cl)cc1F. The standard InChI is InChI=1S/C17H13Cl3FN5OS/c1-8(16(27)23-14-5-3-10(19)7-13(14)21)28-17-25-24-15(26(17)22)11-4-2-9(18)6-12(11)20/h2-8H,22H2,1H3,(H,23,27). The fourth-order valence-corrected chi connectivity index (χ4v) is 3.67. The number of nitrogens with two attached hydrogens (primary N) is 1. The van der Waals surface area contributed by atoms with Gasteiger partial charge in [-0.25, -0.2) is 9.07 Å². The topological polar surface area (TPSA) is 85.8 Å². The number of hydrogen-bond donors (Lipinski definition) is 2. The Morgan fingerprint density at radius 3 is 2.54 bits per heavy atom. The fourth-order valence-electron chi connectivity index (χ4n) is 2.25. The molecule has 0 aliphatic carbocycles. The summed E-state index contributed by atoms with van der Waals surface area (Å²) in [7, 11) is 0. The van der Waals surface area contributed by atoms with E-state index in [1.165, 1.54) is 16.8 Å². The molecule has 0 fully saturated rings. The normalized spacial score (nSPS) is 12.0. The summed E-state index contributed by atoms with van der Waals surface area (Å²) >= 11 is 18.9.